The van der Waals surface area contributed by atoms with Crippen molar-refractivity contribution in [3.8, 4) is 5.75 Å². The second-order valence-corrected chi connectivity index (χ2v) is 4.55. The second kappa shape index (κ2) is 5.24. The first-order valence-electron chi connectivity index (χ1n) is 6.28. The minimum atomic E-state index is -0.280. The zero-order valence-corrected chi connectivity index (χ0v) is 11.0. The van der Waals surface area contributed by atoms with E-state index in [9.17, 15) is 9.18 Å². The first-order chi connectivity index (χ1) is 10.2. The van der Waals surface area contributed by atoms with Crippen molar-refractivity contribution in [2.45, 2.75) is 6.54 Å². The number of carbonyl (C=O) groups is 1. The standard InChI is InChI=1S/C15H12FN3O2/c16-11-3-1-10(2-4-11)8-19-14-6-5-12(21-9-20)7-13(14)18-15(19)17/h1-7,9H,8H2,(H2,17,18). The molecule has 3 rings (SSSR count). The third-order valence-corrected chi connectivity index (χ3v) is 3.19. The fourth-order valence-electron chi connectivity index (χ4n) is 2.20. The van der Waals surface area contributed by atoms with Crippen LogP contribution in [0.15, 0.2) is 42.5 Å². The van der Waals surface area contributed by atoms with Gasteiger partial charge in [-0.1, -0.05) is 12.1 Å². The van der Waals surface area contributed by atoms with Gasteiger partial charge in [-0.05, 0) is 29.8 Å². The molecule has 0 atom stereocenters. The summed E-state index contributed by atoms with van der Waals surface area (Å²) in [6.07, 6.45) is 0. The number of anilines is 1. The first-order valence-corrected chi connectivity index (χ1v) is 6.28. The minimum Gasteiger partial charge on any atom is -0.429 e. The van der Waals surface area contributed by atoms with Crippen LogP contribution in [0.3, 0.4) is 0 Å². The number of ether oxygens (including phenoxy) is 1. The van der Waals surface area contributed by atoms with Crippen LogP contribution in [0.4, 0.5) is 10.3 Å². The van der Waals surface area contributed by atoms with Crippen molar-refractivity contribution in [1.29, 1.82) is 0 Å². The van der Waals surface area contributed by atoms with Gasteiger partial charge in [0.2, 0.25) is 5.95 Å². The summed E-state index contributed by atoms with van der Waals surface area (Å²) in [4.78, 5) is 14.6. The van der Waals surface area contributed by atoms with E-state index in [1.807, 2.05) is 4.57 Å². The Kier molecular flexibility index (Phi) is 3.27. The van der Waals surface area contributed by atoms with Crippen LogP contribution in [0.5, 0.6) is 5.75 Å². The van der Waals surface area contributed by atoms with Gasteiger partial charge in [0.05, 0.1) is 17.6 Å². The van der Waals surface area contributed by atoms with Gasteiger partial charge in [0.1, 0.15) is 11.6 Å². The molecule has 0 unspecified atom stereocenters. The third-order valence-electron chi connectivity index (χ3n) is 3.19. The lowest BCUT2D eigenvalue weighted by Crippen LogP contribution is -2.04. The van der Waals surface area contributed by atoms with E-state index in [0.717, 1.165) is 11.1 Å². The minimum absolute atomic E-state index is 0.280. The highest BCUT2D eigenvalue weighted by molar-refractivity contribution is 5.80. The molecule has 0 saturated carbocycles. The molecule has 0 aliphatic rings. The normalized spacial score (nSPS) is 10.7. The lowest BCUT2D eigenvalue weighted by atomic mass is 10.2. The molecule has 5 nitrogen and oxygen atoms in total. The molecule has 0 bridgehead atoms. The summed E-state index contributed by atoms with van der Waals surface area (Å²) in [5, 5.41) is 0. The van der Waals surface area contributed by atoms with E-state index in [0.29, 0.717) is 30.2 Å². The van der Waals surface area contributed by atoms with Crippen LogP contribution in [0.2, 0.25) is 0 Å². The first kappa shape index (κ1) is 13.1. The smallest absolute Gasteiger partial charge is 0.298 e. The van der Waals surface area contributed by atoms with Gasteiger partial charge < -0.3 is 15.0 Å². The van der Waals surface area contributed by atoms with Gasteiger partial charge in [-0.3, -0.25) is 4.79 Å². The maximum Gasteiger partial charge on any atom is 0.298 e. The maximum absolute atomic E-state index is 12.9. The highest BCUT2D eigenvalue weighted by Crippen LogP contribution is 2.23. The largest absolute Gasteiger partial charge is 0.429 e. The SMILES string of the molecule is Nc1nc2cc(OC=O)ccc2n1Cc1ccc(F)cc1. The zero-order chi connectivity index (χ0) is 14.8. The van der Waals surface area contributed by atoms with E-state index in [-0.39, 0.29) is 5.82 Å². The number of nitrogens with zero attached hydrogens (tertiary/aromatic N) is 2. The number of carbonyl (C=O) groups excluding carboxylic acids is 1. The lowest BCUT2D eigenvalue weighted by molar-refractivity contribution is -0.120. The zero-order valence-electron chi connectivity index (χ0n) is 11.0. The number of nitrogens with two attached hydrogens (primary N) is 1. The number of fused-ring (bicyclic) bond motifs is 1. The number of nitrogen functional groups attached to an aromatic ring is 1. The molecule has 0 fully saturated rings. The Labute approximate surface area is 119 Å². The van der Waals surface area contributed by atoms with Crippen LogP contribution in [0.1, 0.15) is 5.56 Å². The van der Waals surface area contributed by atoms with Crippen molar-refractivity contribution in [2.75, 3.05) is 5.73 Å². The summed E-state index contributed by atoms with van der Waals surface area (Å²) in [7, 11) is 0. The monoisotopic (exact) mass is 285 g/mol. The van der Waals surface area contributed by atoms with Gasteiger partial charge >= 0.3 is 0 Å². The second-order valence-electron chi connectivity index (χ2n) is 4.55. The molecule has 2 aromatic carbocycles. The van der Waals surface area contributed by atoms with Gasteiger partial charge in [0.25, 0.3) is 6.47 Å². The molecule has 2 N–H and O–H groups in total. The molecule has 6 heteroatoms. The Morgan fingerprint density at radius 3 is 2.71 bits per heavy atom. The van der Waals surface area contributed by atoms with Crippen molar-refractivity contribution in [2.24, 2.45) is 0 Å². The van der Waals surface area contributed by atoms with Crippen LogP contribution < -0.4 is 10.5 Å². The summed E-state index contributed by atoms with van der Waals surface area (Å²) < 4.78 is 19.5. The van der Waals surface area contributed by atoms with Gasteiger partial charge in [-0.25, -0.2) is 9.37 Å². The predicted octanol–water partition coefficient (Wildman–Crippen LogP) is 2.34. The summed E-state index contributed by atoms with van der Waals surface area (Å²) >= 11 is 0. The molecule has 3 aromatic rings. The molecular formula is C15H12FN3O2. The van der Waals surface area contributed by atoms with Crippen molar-refractivity contribution >= 4 is 23.5 Å². The molecule has 0 spiro atoms. The van der Waals surface area contributed by atoms with Crippen molar-refractivity contribution < 1.29 is 13.9 Å². The molecule has 1 heterocycles. The number of benzene rings is 2. The van der Waals surface area contributed by atoms with E-state index < -0.39 is 0 Å². The average molecular weight is 285 g/mol. The Morgan fingerprint density at radius 1 is 1.24 bits per heavy atom. The Hall–Kier alpha value is -2.89. The fraction of sp³-hybridized carbons (Fsp3) is 0.0667. The van der Waals surface area contributed by atoms with E-state index >= 15 is 0 Å². The number of halogens is 1. The number of hydrogen-bond acceptors (Lipinski definition) is 4. The summed E-state index contributed by atoms with van der Waals surface area (Å²) in [6.45, 7) is 0.844. The lowest BCUT2D eigenvalue weighted by Gasteiger charge is -2.07. The summed E-state index contributed by atoms with van der Waals surface area (Å²) in [5.41, 5.74) is 8.28. The summed E-state index contributed by atoms with van der Waals surface area (Å²) in [6, 6.07) is 11.3. The van der Waals surface area contributed by atoms with Gasteiger partial charge in [-0.2, -0.15) is 0 Å². The molecule has 1 aromatic heterocycles. The number of rotatable bonds is 4. The van der Waals surface area contributed by atoms with Crippen LogP contribution in [-0.4, -0.2) is 16.0 Å². The molecule has 0 amide bonds. The van der Waals surface area contributed by atoms with E-state index in [1.54, 1.807) is 30.3 Å². The van der Waals surface area contributed by atoms with Crippen LogP contribution in [-0.2, 0) is 11.3 Å². The quantitative estimate of drug-likeness (QED) is 0.747. The van der Waals surface area contributed by atoms with Crippen LogP contribution in [0, 0.1) is 5.82 Å². The molecule has 0 saturated heterocycles. The highest BCUT2D eigenvalue weighted by Gasteiger charge is 2.10. The van der Waals surface area contributed by atoms with Gasteiger partial charge in [0, 0.05) is 6.07 Å². The predicted molar refractivity (Wildman–Crippen MR) is 76.3 cm³/mol. The highest BCUT2D eigenvalue weighted by atomic mass is 19.1. The van der Waals surface area contributed by atoms with Crippen LogP contribution >= 0.6 is 0 Å². The van der Waals surface area contributed by atoms with Gasteiger partial charge in [0.15, 0.2) is 0 Å². The maximum atomic E-state index is 12.9. The van der Waals surface area contributed by atoms with Crippen molar-refractivity contribution in [1.82, 2.24) is 9.55 Å². The number of imidazole rings is 1. The Morgan fingerprint density at radius 2 is 2.00 bits per heavy atom. The Bertz CT molecular complexity index is 797. The van der Waals surface area contributed by atoms with Gasteiger partial charge in [-0.15, -0.1) is 0 Å². The molecule has 0 aliphatic heterocycles. The van der Waals surface area contributed by atoms with E-state index in [1.165, 1.54) is 12.1 Å². The van der Waals surface area contributed by atoms with Crippen LogP contribution in [0.25, 0.3) is 11.0 Å². The number of aromatic nitrogens is 2. The fourth-order valence-corrected chi connectivity index (χ4v) is 2.20. The number of hydrogen-bond donors (Lipinski definition) is 1. The molecule has 106 valence electrons. The van der Waals surface area contributed by atoms with Crippen molar-refractivity contribution in [3.63, 3.8) is 0 Å². The van der Waals surface area contributed by atoms with E-state index in [2.05, 4.69) is 4.98 Å². The van der Waals surface area contributed by atoms with Crippen molar-refractivity contribution in [3.05, 3.63) is 53.8 Å². The molecule has 0 aliphatic carbocycles. The topological polar surface area (TPSA) is 70.1 Å². The molecular weight excluding hydrogens is 273 g/mol. The third kappa shape index (κ3) is 2.55. The molecule has 0 radical (unpaired) electrons. The Balaban J connectivity index is 1.99. The molecule has 21 heavy (non-hydrogen) atoms. The average Bonchev–Trinajstić information content (AvgIpc) is 2.77. The van der Waals surface area contributed by atoms with E-state index in [4.69, 9.17) is 10.5 Å². The summed E-state index contributed by atoms with van der Waals surface area (Å²) in [5.74, 6) is 0.472.